The van der Waals surface area contributed by atoms with Crippen molar-refractivity contribution < 1.29 is 19.1 Å². The van der Waals surface area contributed by atoms with E-state index in [1.54, 1.807) is 12.3 Å². The number of nitrogens with one attached hydrogen (secondary N) is 1. The Morgan fingerprint density at radius 3 is 2.78 bits per heavy atom. The van der Waals surface area contributed by atoms with Gasteiger partial charge >= 0.3 is 0 Å². The summed E-state index contributed by atoms with van der Waals surface area (Å²) >= 11 is 1.42. The lowest BCUT2D eigenvalue weighted by molar-refractivity contribution is 0.103. The number of nitrogens with zero attached hydrogens (tertiary/aromatic N) is 5. The summed E-state index contributed by atoms with van der Waals surface area (Å²) in [5.41, 5.74) is 3.44. The average molecular weight is 507 g/mol. The number of amides is 1. The van der Waals surface area contributed by atoms with Crippen molar-refractivity contribution in [3.8, 4) is 10.4 Å². The fraction of sp³-hybridized carbons (Fsp3) is 0.360. The van der Waals surface area contributed by atoms with Crippen LogP contribution in [0.15, 0.2) is 40.9 Å². The quantitative estimate of drug-likeness (QED) is 0.420. The van der Waals surface area contributed by atoms with Crippen molar-refractivity contribution in [1.29, 1.82) is 0 Å². The predicted molar refractivity (Wildman–Crippen MR) is 138 cm³/mol. The lowest BCUT2D eigenvalue weighted by Crippen LogP contribution is -2.36. The molecule has 2 aliphatic rings. The number of carbonyl (C=O) groups is 1. The molecular formula is C25H26N6O4S. The van der Waals surface area contributed by atoms with Gasteiger partial charge in [0.2, 0.25) is 5.65 Å². The number of hydrogen-bond donors (Lipinski definition) is 2. The van der Waals surface area contributed by atoms with Crippen LogP contribution in [0.2, 0.25) is 0 Å². The Labute approximate surface area is 211 Å². The van der Waals surface area contributed by atoms with Gasteiger partial charge in [0.05, 0.1) is 29.9 Å². The number of thiophene rings is 1. The topological polar surface area (TPSA) is 117 Å². The first-order valence-corrected chi connectivity index (χ1v) is 12.8. The van der Waals surface area contributed by atoms with Crippen LogP contribution in [0.1, 0.15) is 21.8 Å². The first-order chi connectivity index (χ1) is 17.5. The lowest BCUT2D eigenvalue weighted by atomic mass is 10.2. The minimum Gasteiger partial charge on any atom is -0.422 e. The second-order valence-electron chi connectivity index (χ2n) is 8.97. The molecule has 1 amide bonds. The van der Waals surface area contributed by atoms with Crippen LogP contribution in [0.5, 0.6) is 0 Å². The van der Waals surface area contributed by atoms with Gasteiger partial charge in [0, 0.05) is 49.0 Å². The molecule has 1 unspecified atom stereocenters. The molecule has 2 aliphatic heterocycles. The van der Waals surface area contributed by atoms with E-state index in [0.717, 1.165) is 16.1 Å². The highest BCUT2D eigenvalue weighted by Crippen LogP contribution is 2.34. The van der Waals surface area contributed by atoms with Crippen molar-refractivity contribution in [2.75, 3.05) is 54.5 Å². The largest absolute Gasteiger partial charge is 0.422 e. The highest BCUT2D eigenvalue weighted by atomic mass is 32.1. The molecule has 6 heterocycles. The maximum Gasteiger partial charge on any atom is 0.300 e. The molecule has 0 bridgehead atoms. The molecule has 11 heteroatoms. The number of oxazole rings is 1. The maximum atomic E-state index is 13.3. The minimum atomic E-state index is -0.434. The number of hydrogen-bond acceptors (Lipinski definition) is 10. The molecule has 2 fully saturated rings. The third-order valence-corrected chi connectivity index (χ3v) is 7.49. The summed E-state index contributed by atoms with van der Waals surface area (Å²) in [6.07, 6.45) is 1.98. The van der Waals surface area contributed by atoms with Crippen molar-refractivity contribution in [3.05, 3.63) is 47.1 Å². The van der Waals surface area contributed by atoms with E-state index in [4.69, 9.17) is 14.1 Å². The van der Waals surface area contributed by atoms with Crippen LogP contribution in [0.4, 0.5) is 17.5 Å². The van der Waals surface area contributed by atoms with Crippen LogP contribution in [0.25, 0.3) is 21.7 Å². The Balaban J connectivity index is 1.31. The molecule has 6 rings (SSSR count). The Kier molecular flexibility index (Phi) is 6.04. The Bertz CT molecular complexity index is 1410. The zero-order valence-electron chi connectivity index (χ0n) is 19.8. The van der Waals surface area contributed by atoms with Gasteiger partial charge in [-0.25, -0.2) is 4.98 Å². The summed E-state index contributed by atoms with van der Waals surface area (Å²) in [5.74, 6) is 0.350. The number of anilines is 3. The van der Waals surface area contributed by atoms with Crippen LogP contribution in [-0.4, -0.2) is 71.5 Å². The van der Waals surface area contributed by atoms with Crippen LogP contribution >= 0.6 is 11.3 Å². The number of aliphatic hydroxyl groups excluding tert-OH is 1. The van der Waals surface area contributed by atoms with Crippen LogP contribution in [-0.2, 0) is 4.74 Å². The zero-order valence-corrected chi connectivity index (χ0v) is 20.6. The average Bonchev–Trinajstić information content (AvgIpc) is 3.63. The summed E-state index contributed by atoms with van der Waals surface area (Å²) in [5, 5.41) is 13.1. The van der Waals surface area contributed by atoms with E-state index in [2.05, 4.69) is 15.3 Å². The van der Waals surface area contributed by atoms with Gasteiger partial charge in [0.1, 0.15) is 0 Å². The number of fused-ring (bicyclic) bond motifs is 1. The summed E-state index contributed by atoms with van der Waals surface area (Å²) < 4.78 is 11.4. The second-order valence-corrected chi connectivity index (χ2v) is 10.1. The summed E-state index contributed by atoms with van der Waals surface area (Å²) in [6, 6.07) is 9.97. The second kappa shape index (κ2) is 9.49. The predicted octanol–water partition coefficient (Wildman–Crippen LogP) is 3.31. The van der Waals surface area contributed by atoms with Crippen LogP contribution in [0.3, 0.4) is 0 Å². The molecule has 0 aromatic carbocycles. The van der Waals surface area contributed by atoms with Crippen molar-refractivity contribution in [2.45, 2.75) is 19.4 Å². The molecule has 2 saturated heterocycles. The number of ether oxygens (including phenoxy) is 1. The molecule has 0 saturated carbocycles. The molecule has 0 radical (unpaired) electrons. The Morgan fingerprint density at radius 2 is 2.00 bits per heavy atom. The van der Waals surface area contributed by atoms with Crippen LogP contribution < -0.4 is 15.1 Å². The molecule has 4 aromatic rings. The van der Waals surface area contributed by atoms with E-state index in [1.807, 2.05) is 41.0 Å². The number of aromatic nitrogens is 3. The third-order valence-electron chi connectivity index (χ3n) is 6.35. The van der Waals surface area contributed by atoms with E-state index in [-0.39, 0.29) is 5.91 Å². The van der Waals surface area contributed by atoms with E-state index in [1.165, 1.54) is 11.3 Å². The first kappa shape index (κ1) is 22.9. The SMILES string of the molecule is Cc1cc(-c2ccc(C(=O)Nc3cc4oc(N5CCOCC5)nc4nc3N3CCC(O)C3)s2)ccn1. The van der Waals surface area contributed by atoms with E-state index in [0.29, 0.717) is 79.4 Å². The molecule has 4 aromatic heterocycles. The van der Waals surface area contributed by atoms with E-state index < -0.39 is 6.10 Å². The lowest BCUT2D eigenvalue weighted by Gasteiger charge is -2.24. The highest BCUT2D eigenvalue weighted by Gasteiger charge is 2.27. The van der Waals surface area contributed by atoms with Crippen molar-refractivity contribution in [3.63, 3.8) is 0 Å². The van der Waals surface area contributed by atoms with Crippen molar-refractivity contribution >= 4 is 46.0 Å². The van der Waals surface area contributed by atoms with Gasteiger partial charge in [-0.3, -0.25) is 9.78 Å². The summed E-state index contributed by atoms with van der Waals surface area (Å²) in [6.45, 7) is 5.65. The molecule has 0 aliphatic carbocycles. The van der Waals surface area contributed by atoms with E-state index in [9.17, 15) is 9.90 Å². The molecule has 186 valence electrons. The van der Waals surface area contributed by atoms with Gasteiger partial charge in [-0.15, -0.1) is 11.3 Å². The van der Waals surface area contributed by atoms with Gasteiger partial charge in [-0.2, -0.15) is 4.98 Å². The maximum absolute atomic E-state index is 13.3. The number of aliphatic hydroxyl groups is 1. The Morgan fingerprint density at radius 1 is 1.14 bits per heavy atom. The number of rotatable bonds is 5. The minimum absolute atomic E-state index is 0.230. The monoisotopic (exact) mass is 506 g/mol. The number of morpholine rings is 1. The Hall–Kier alpha value is -3.54. The summed E-state index contributed by atoms with van der Waals surface area (Å²) in [4.78, 5) is 32.4. The fourth-order valence-corrected chi connectivity index (χ4v) is 5.40. The number of aryl methyl sites for hydroxylation is 1. The zero-order chi connectivity index (χ0) is 24.6. The van der Waals surface area contributed by atoms with Crippen molar-refractivity contribution in [1.82, 2.24) is 15.0 Å². The molecule has 36 heavy (non-hydrogen) atoms. The fourth-order valence-electron chi connectivity index (χ4n) is 4.50. The molecular weight excluding hydrogens is 480 g/mol. The van der Waals surface area contributed by atoms with E-state index >= 15 is 0 Å². The number of carbonyl (C=O) groups excluding carboxylic acids is 1. The highest BCUT2D eigenvalue weighted by molar-refractivity contribution is 7.17. The molecule has 1 atom stereocenters. The van der Waals surface area contributed by atoms with Gasteiger partial charge in [-0.1, -0.05) is 0 Å². The van der Waals surface area contributed by atoms with Gasteiger partial charge < -0.3 is 29.4 Å². The number of β-amino-alcohol motifs (C(OH)–C–C–N with tert-alkyl or cyclic N) is 1. The smallest absolute Gasteiger partial charge is 0.300 e. The van der Waals surface area contributed by atoms with Gasteiger partial charge in [0.15, 0.2) is 11.4 Å². The third kappa shape index (κ3) is 4.52. The standard InChI is InChI=1S/C25H26N6O4S/c1-15-12-16(4-6-26-15)20-2-3-21(36-20)24(33)27-18-13-19-22(28-23(18)31-7-5-17(32)14-31)29-25(35-19)30-8-10-34-11-9-30/h2-4,6,12-13,17,32H,5,7-11,14H2,1H3,(H,27,33). The number of pyridine rings is 2. The molecule has 10 nitrogen and oxygen atoms in total. The van der Waals surface area contributed by atoms with Gasteiger partial charge in [0.25, 0.3) is 11.9 Å². The van der Waals surface area contributed by atoms with Gasteiger partial charge in [-0.05, 0) is 43.2 Å². The van der Waals surface area contributed by atoms with Crippen molar-refractivity contribution in [2.24, 2.45) is 0 Å². The molecule has 2 N–H and O–H groups in total. The first-order valence-electron chi connectivity index (χ1n) is 11.9. The molecule has 0 spiro atoms. The van der Waals surface area contributed by atoms with Crippen LogP contribution in [0, 0.1) is 6.92 Å². The summed E-state index contributed by atoms with van der Waals surface area (Å²) in [7, 11) is 0. The normalized spacial score (nSPS) is 18.2.